The van der Waals surface area contributed by atoms with Crippen LogP contribution in [0.1, 0.15) is 0 Å². The van der Waals surface area contributed by atoms with Crippen LogP contribution in [-0.4, -0.2) is 24.3 Å². The van der Waals surface area contributed by atoms with Crippen LogP contribution in [-0.2, 0) is 0 Å². The van der Waals surface area contributed by atoms with Gasteiger partial charge in [0.05, 0.1) is 6.61 Å². The predicted octanol–water partition coefficient (Wildman–Crippen LogP) is -1.43. The van der Waals surface area contributed by atoms with Crippen molar-refractivity contribution in [3.63, 3.8) is 0 Å². The lowest BCUT2D eigenvalue weighted by atomic mass is 10.7. The first-order valence-electron chi connectivity index (χ1n) is 2.16. The second-order valence-corrected chi connectivity index (χ2v) is 1.12. The molecule has 2 amide bonds. The largest absolute Gasteiger partial charge is 0.395 e. The minimum absolute atomic E-state index is 0. The molecule has 0 spiro atoms. The quantitative estimate of drug-likeness (QED) is 0.224. The van der Waals surface area contributed by atoms with Crippen LogP contribution in [0.2, 0.25) is 0 Å². The molecule has 0 heterocycles. The van der Waals surface area contributed by atoms with Gasteiger partial charge in [0.15, 0.2) is 0 Å². The summed E-state index contributed by atoms with van der Waals surface area (Å²) in [5.41, 5.74) is 1.84. The predicted molar refractivity (Wildman–Crippen MR) is 35.1 cm³/mol. The van der Waals surface area contributed by atoms with Crippen LogP contribution < -0.4 is 16.6 Å². The van der Waals surface area contributed by atoms with Crippen molar-refractivity contribution in [2.24, 2.45) is 5.84 Å². The van der Waals surface area contributed by atoms with E-state index in [0.717, 1.165) is 0 Å². The van der Waals surface area contributed by atoms with Gasteiger partial charge in [-0.1, -0.05) is 0 Å². The molecule has 0 aromatic heterocycles. The van der Waals surface area contributed by atoms with E-state index in [4.69, 9.17) is 5.11 Å². The van der Waals surface area contributed by atoms with Gasteiger partial charge in [0.2, 0.25) is 0 Å². The fourth-order valence-electron chi connectivity index (χ4n) is 0.220. The summed E-state index contributed by atoms with van der Waals surface area (Å²) in [4.78, 5) is 10.1. The van der Waals surface area contributed by atoms with Crippen LogP contribution in [0.25, 0.3) is 0 Å². The SMILES string of the molecule is Cl.NNC(=O)NCCO. The van der Waals surface area contributed by atoms with Crippen molar-refractivity contribution in [3.8, 4) is 0 Å². The molecule has 0 saturated heterocycles. The molecule has 56 valence electrons. The maximum absolute atomic E-state index is 10.1. The highest BCUT2D eigenvalue weighted by Crippen LogP contribution is 1.56. The molecule has 0 aliphatic heterocycles. The zero-order chi connectivity index (χ0) is 6.41. The summed E-state index contributed by atoms with van der Waals surface area (Å²) < 4.78 is 0. The molecule has 0 aromatic carbocycles. The molecule has 9 heavy (non-hydrogen) atoms. The molecule has 0 saturated carbocycles. The van der Waals surface area contributed by atoms with Gasteiger partial charge in [-0.3, -0.25) is 5.43 Å². The zero-order valence-corrected chi connectivity index (χ0v) is 5.57. The monoisotopic (exact) mass is 155 g/mol. The van der Waals surface area contributed by atoms with E-state index in [1.54, 1.807) is 0 Å². The van der Waals surface area contributed by atoms with Crippen molar-refractivity contribution in [1.82, 2.24) is 10.7 Å². The number of aliphatic hydroxyl groups is 1. The fraction of sp³-hybridized carbons (Fsp3) is 0.667. The Hall–Kier alpha value is -0.520. The Morgan fingerprint density at radius 3 is 2.56 bits per heavy atom. The molecule has 0 unspecified atom stereocenters. The molecule has 6 heteroatoms. The van der Waals surface area contributed by atoms with Gasteiger partial charge in [-0.2, -0.15) is 0 Å². The molecule has 0 fully saturated rings. The van der Waals surface area contributed by atoms with Gasteiger partial charge in [-0.15, -0.1) is 12.4 Å². The Kier molecular flexibility index (Phi) is 9.39. The lowest BCUT2D eigenvalue weighted by molar-refractivity contribution is 0.234. The lowest BCUT2D eigenvalue weighted by Gasteiger charge is -1.98. The van der Waals surface area contributed by atoms with Crippen molar-refractivity contribution < 1.29 is 9.90 Å². The summed E-state index contributed by atoms with van der Waals surface area (Å²) in [6, 6.07) is -0.487. The molecule has 5 N–H and O–H groups in total. The van der Waals surface area contributed by atoms with E-state index in [1.165, 1.54) is 0 Å². The van der Waals surface area contributed by atoms with Crippen molar-refractivity contribution in [2.45, 2.75) is 0 Å². The summed E-state index contributed by atoms with van der Waals surface area (Å²) in [5.74, 6) is 4.67. The number of hydrazine groups is 1. The highest BCUT2D eigenvalue weighted by atomic mass is 35.5. The molecule has 0 bridgehead atoms. The minimum atomic E-state index is -0.487. The third-order valence-electron chi connectivity index (χ3n) is 0.528. The maximum atomic E-state index is 10.1. The average Bonchev–Trinajstić information content (AvgIpc) is 1.83. The van der Waals surface area contributed by atoms with E-state index in [0.29, 0.717) is 0 Å². The van der Waals surface area contributed by atoms with Crippen LogP contribution in [0.5, 0.6) is 0 Å². The Morgan fingerprint density at radius 2 is 2.22 bits per heavy atom. The highest BCUT2D eigenvalue weighted by molar-refractivity contribution is 5.85. The summed E-state index contributed by atoms with van der Waals surface area (Å²) >= 11 is 0. The molecular formula is C3H10ClN3O2. The summed E-state index contributed by atoms with van der Waals surface area (Å²) in [5, 5.41) is 10.4. The van der Waals surface area contributed by atoms with Gasteiger partial charge in [-0.05, 0) is 0 Å². The van der Waals surface area contributed by atoms with E-state index >= 15 is 0 Å². The topological polar surface area (TPSA) is 87.4 Å². The second-order valence-electron chi connectivity index (χ2n) is 1.12. The van der Waals surface area contributed by atoms with Gasteiger partial charge in [0.1, 0.15) is 0 Å². The van der Waals surface area contributed by atoms with Crippen LogP contribution >= 0.6 is 12.4 Å². The lowest BCUT2D eigenvalue weighted by Crippen LogP contribution is -2.40. The number of nitrogens with two attached hydrogens (primary N) is 1. The number of nitrogens with one attached hydrogen (secondary N) is 2. The number of carbonyl (C=O) groups excluding carboxylic acids is 1. The first-order chi connectivity index (χ1) is 3.81. The summed E-state index contributed by atoms with van der Waals surface area (Å²) in [7, 11) is 0. The number of hydrogen-bond acceptors (Lipinski definition) is 3. The third-order valence-corrected chi connectivity index (χ3v) is 0.528. The molecule has 0 aliphatic carbocycles. The smallest absolute Gasteiger partial charge is 0.328 e. The van der Waals surface area contributed by atoms with Crippen LogP contribution in [0.4, 0.5) is 4.79 Å². The van der Waals surface area contributed by atoms with Crippen LogP contribution in [0, 0.1) is 0 Å². The van der Waals surface area contributed by atoms with Gasteiger partial charge in [0.25, 0.3) is 0 Å². The van der Waals surface area contributed by atoms with Gasteiger partial charge < -0.3 is 10.4 Å². The Balaban J connectivity index is 0. The number of hydrogen-bond donors (Lipinski definition) is 4. The number of urea groups is 1. The van der Waals surface area contributed by atoms with Crippen LogP contribution in [0.3, 0.4) is 0 Å². The van der Waals surface area contributed by atoms with Gasteiger partial charge in [-0.25, -0.2) is 10.6 Å². The summed E-state index contributed by atoms with van der Waals surface area (Å²) in [6.45, 7) is 0.149. The van der Waals surface area contributed by atoms with E-state index in [9.17, 15) is 4.79 Å². The average molecular weight is 156 g/mol. The van der Waals surface area contributed by atoms with Gasteiger partial charge in [0, 0.05) is 6.54 Å². The molecule has 0 radical (unpaired) electrons. The number of aliphatic hydroxyl groups excluding tert-OH is 1. The van der Waals surface area contributed by atoms with E-state index in [2.05, 4.69) is 11.2 Å². The van der Waals surface area contributed by atoms with E-state index in [-0.39, 0.29) is 25.6 Å². The van der Waals surface area contributed by atoms with Crippen molar-refractivity contribution in [3.05, 3.63) is 0 Å². The molecule has 0 aliphatic rings. The van der Waals surface area contributed by atoms with Crippen molar-refractivity contribution >= 4 is 18.4 Å². The Morgan fingerprint density at radius 1 is 1.67 bits per heavy atom. The Labute approximate surface area is 59.0 Å². The molecule has 0 atom stereocenters. The number of amides is 2. The standard InChI is InChI=1S/C3H9N3O2.ClH/c4-6-3(8)5-1-2-7;/h7H,1-2,4H2,(H2,5,6,8);1H. The van der Waals surface area contributed by atoms with E-state index < -0.39 is 6.03 Å². The maximum Gasteiger partial charge on any atom is 0.328 e. The van der Waals surface area contributed by atoms with Gasteiger partial charge >= 0.3 is 6.03 Å². The third kappa shape index (κ3) is 7.48. The first kappa shape index (κ1) is 11.3. The zero-order valence-electron chi connectivity index (χ0n) is 4.76. The fourth-order valence-corrected chi connectivity index (χ4v) is 0.220. The first-order valence-corrected chi connectivity index (χ1v) is 2.16. The normalized spacial score (nSPS) is 7.33. The number of carbonyl (C=O) groups is 1. The molecule has 0 aromatic rings. The summed E-state index contributed by atoms with van der Waals surface area (Å²) in [6.07, 6.45) is 0. The van der Waals surface area contributed by atoms with Crippen molar-refractivity contribution in [2.75, 3.05) is 13.2 Å². The minimum Gasteiger partial charge on any atom is -0.395 e. The Bertz CT molecular complexity index is 79.5. The number of halogens is 1. The van der Waals surface area contributed by atoms with Crippen LogP contribution in [0.15, 0.2) is 0 Å². The highest BCUT2D eigenvalue weighted by Gasteiger charge is 1.90. The molecular weight excluding hydrogens is 146 g/mol. The van der Waals surface area contributed by atoms with E-state index in [1.807, 2.05) is 5.43 Å². The molecule has 0 rings (SSSR count). The molecule has 5 nitrogen and oxygen atoms in total. The number of rotatable bonds is 2. The van der Waals surface area contributed by atoms with Crippen molar-refractivity contribution in [1.29, 1.82) is 0 Å². The second kappa shape index (κ2) is 7.48.